The summed E-state index contributed by atoms with van der Waals surface area (Å²) < 4.78 is 2.24. The molecule has 24 heavy (non-hydrogen) atoms. The highest BCUT2D eigenvalue weighted by molar-refractivity contribution is 5.94. The van der Waals surface area contributed by atoms with Gasteiger partial charge in [0.1, 0.15) is 11.6 Å². The van der Waals surface area contributed by atoms with Crippen LogP contribution in [-0.2, 0) is 13.0 Å². The lowest BCUT2D eigenvalue weighted by Gasteiger charge is -2.21. The summed E-state index contributed by atoms with van der Waals surface area (Å²) in [6.45, 7) is 3.31. The molecule has 0 N–H and O–H groups in total. The average molecular weight is 325 g/mol. The molecule has 0 radical (unpaired) electrons. The minimum absolute atomic E-state index is 0.105. The predicted octanol–water partition coefficient (Wildman–Crippen LogP) is 1.74. The number of aromatic nitrogens is 3. The maximum absolute atomic E-state index is 12.7. The van der Waals surface area contributed by atoms with Crippen LogP contribution in [0.15, 0.2) is 30.3 Å². The monoisotopic (exact) mass is 325 g/mol. The number of carbonyl (C=O) groups excluding carboxylic acids is 1. The molecule has 6 nitrogen and oxygen atoms in total. The van der Waals surface area contributed by atoms with Crippen molar-refractivity contribution in [2.75, 3.05) is 26.7 Å². The molecule has 0 aliphatic carbocycles. The van der Waals surface area contributed by atoms with Crippen molar-refractivity contribution < 1.29 is 4.79 Å². The maximum Gasteiger partial charge on any atom is 0.253 e. The number of benzene rings is 1. The molecule has 0 spiro atoms. The normalized spacial score (nSPS) is 21.5. The first-order valence-corrected chi connectivity index (χ1v) is 8.70. The molecule has 4 rings (SSSR count). The molecule has 2 aliphatic rings. The fourth-order valence-corrected chi connectivity index (χ4v) is 3.79. The van der Waals surface area contributed by atoms with Gasteiger partial charge in [-0.25, -0.2) is 0 Å². The molecule has 126 valence electrons. The molecule has 0 saturated carbocycles. The van der Waals surface area contributed by atoms with Gasteiger partial charge in [-0.1, -0.05) is 18.2 Å². The molecule has 0 unspecified atom stereocenters. The highest BCUT2D eigenvalue weighted by Gasteiger charge is 2.30. The van der Waals surface area contributed by atoms with Crippen molar-refractivity contribution >= 4 is 5.91 Å². The van der Waals surface area contributed by atoms with E-state index in [9.17, 15) is 4.79 Å². The average Bonchev–Trinajstić information content (AvgIpc) is 3.15. The second-order valence-electron chi connectivity index (χ2n) is 6.67. The highest BCUT2D eigenvalue weighted by atomic mass is 16.2. The number of likely N-dealkylation sites (tertiary alicyclic amines) is 1. The Kier molecular flexibility index (Phi) is 4.06. The van der Waals surface area contributed by atoms with Crippen LogP contribution in [0.2, 0.25) is 0 Å². The summed E-state index contributed by atoms with van der Waals surface area (Å²) in [7, 11) is 2.15. The number of amides is 1. The fourth-order valence-electron chi connectivity index (χ4n) is 3.79. The predicted molar refractivity (Wildman–Crippen MR) is 90.7 cm³/mol. The Hall–Kier alpha value is -2.21. The SMILES string of the molecule is CN1CCC[C@@H]1c1nnc2n1CCN(C(=O)c1ccccc1)CC2. The third-order valence-electron chi connectivity index (χ3n) is 5.18. The first-order chi connectivity index (χ1) is 11.7. The summed E-state index contributed by atoms with van der Waals surface area (Å²) in [4.78, 5) is 17.0. The van der Waals surface area contributed by atoms with Gasteiger partial charge in [0.2, 0.25) is 0 Å². The minimum Gasteiger partial charge on any atom is -0.336 e. The van der Waals surface area contributed by atoms with E-state index in [0.29, 0.717) is 19.1 Å². The van der Waals surface area contributed by atoms with Crippen molar-refractivity contribution in [3.8, 4) is 0 Å². The van der Waals surface area contributed by atoms with E-state index in [0.717, 1.165) is 43.1 Å². The summed E-state index contributed by atoms with van der Waals surface area (Å²) in [5, 5.41) is 8.88. The summed E-state index contributed by atoms with van der Waals surface area (Å²) in [6.07, 6.45) is 3.12. The second kappa shape index (κ2) is 6.36. The van der Waals surface area contributed by atoms with Gasteiger partial charge in [-0.15, -0.1) is 10.2 Å². The van der Waals surface area contributed by atoms with E-state index in [1.807, 2.05) is 35.2 Å². The Morgan fingerprint density at radius 2 is 1.92 bits per heavy atom. The fraction of sp³-hybridized carbons (Fsp3) is 0.500. The van der Waals surface area contributed by atoms with Crippen LogP contribution in [0.5, 0.6) is 0 Å². The Morgan fingerprint density at radius 1 is 1.08 bits per heavy atom. The number of hydrogen-bond acceptors (Lipinski definition) is 4. The molecular formula is C18H23N5O. The first kappa shape index (κ1) is 15.3. The first-order valence-electron chi connectivity index (χ1n) is 8.70. The van der Waals surface area contributed by atoms with Crippen molar-refractivity contribution in [1.82, 2.24) is 24.6 Å². The number of hydrogen-bond donors (Lipinski definition) is 0. The van der Waals surface area contributed by atoms with Crippen LogP contribution in [0.4, 0.5) is 0 Å². The van der Waals surface area contributed by atoms with E-state index in [2.05, 4.69) is 26.7 Å². The van der Waals surface area contributed by atoms with E-state index in [1.165, 1.54) is 6.42 Å². The molecule has 1 aromatic carbocycles. The summed E-state index contributed by atoms with van der Waals surface area (Å²) >= 11 is 0. The van der Waals surface area contributed by atoms with Crippen LogP contribution in [0, 0.1) is 0 Å². The largest absolute Gasteiger partial charge is 0.336 e. The summed E-state index contributed by atoms with van der Waals surface area (Å²) in [6, 6.07) is 9.88. The van der Waals surface area contributed by atoms with Crippen molar-refractivity contribution in [3.05, 3.63) is 47.5 Å². The van der Waals surface area contributed by atoms with Crippen molar-refractivity contribution in [2.45, 2.75) is 31.8 Å². The highest BCUT2D eigenvalue weighted by Crippen LogP contribution is 2.30. The zero-order valence-corrected chi connectivity index (χ0v) is 14.1. The molecule has 3 heterocycles. The van der Waals surface area contributed by atoms with Gasteiger partial charge in [0.15, 0.2) is 0 Å². The van der Waals surface area contributed by atoms with E-state index in [4.69, 9.17) is 0 Å². The third-order valence-corrected chi connectivity index (χ3v) is 5.18. The summed E-state index contributed by atoms with van der Waals surface area (Å²) in [5.41, 5.74) is 0.755. The lowest BCUT2D eigenvalue weighted by molar-refractivity contribution is 0.0758. The maximum atomic E-state index is 12.7. The van der Waals surface area contributed by atoms with E-state index in [-0.39, 0.29) is 5.91 Å². The van der Waals surface area contributed by atoms with Crippen molar-refractivity contribution in [1.29, 1.82) is 0 Å². The van der Waals surface area contributed by atoms with Crippen LogP contribution in [0.1, 0.15) is 40.9 Å². The molecule has 1 saturated heterocycles. The van der Waals surface area contributed by atoms with Gasteiger partial charge in [-0.05, 0) is 38.6 Å². The van der Waals surface area contributed by atoms with Gasteiger partial charge in [0.05, 0.1) is 6.04 Å². The Morgan fingerprint density at radius 3 is 2.67 bits per heavy atom. The van der Waals surface area contributed by atoms with Crippen LogP contribution in [-0.4, -0.2) is 57.2 Å². The molecule has 1 atom stereocenters. The topological polar surface area (TPSA) is 54.3 Å². The van der Waals surface area contributed by atoms with Crippen LogP contribution in [0.3, 0.4) is 0 Å². The number of rotatable bonds is 2. The Bertz CT molecular complexity index is 726. The lowest BCUT2D eigenvalue weighted by Crippen LogP contribution is -2.34. The number of fused-ring (bicyclic) bond motifs is 1. The van der Waals surface area contributed by atoms with Crippen LogP contribution < -0.4 is 0 Å². The summed E-state index contributed by atoms with van der Waals surface area (Å²) in [5.74, 6) is 2.18. The molecule has 2 aliphatic heterocycles. The van der Waals surface area contributed by atoms with Gasteiger partial charge in [-0.2, -0.15) is 0 Å². The molecule has 1 aromatic heterocycles. The third kappa shape index (κ3) is 2.71. The van der Waals surface area contributed by atoms with E-state index >= 15 is 0 Å². The second-order valence-corrected chi connectivity index (χ2v) is 6.67. The quantitative estimate of drug-likeness (QED) is 0.844. The van der Waals surface area contributed by atoms with Crippen molar-refractivity contribution in [2.24, 2.45) is 0 Å². The van der Waals surface area contributed by atoms with Gasteiger partial charge in [0.25, 0.3) is 5.91 Å². The van der Waals surface area contributed by atoms with E-state index in [1.54, 1.807) is 0 Å². The molecule has 1 fully saturated rings. The van der Waals surface area contributed by atoms with Crippen LogP contribution >= 0.6 is 0 Å². The zero-order valence-electron chi connectivity index (χ0n) is 14.1. The van der Waals surface area contributed by atoms with Gasteiger partial charge in [0, 0.05) is 31.6 Å². The van der Waals surface area contributed by atoms with Crippen LogP contribution in [0.25, 0.3) is 0 Å². The molecule has 0 bridgehead atoms. The molecule has 1 amide bonds. The lowest BCUT2D eigenvalue weighted by atomic mass is 10.2. The van der Waals surface area contributed by atoms with Gasteiger partial charge in [-0.3, -0.25) is 9.69 Å². The smallest absolute Gasteiger partial charge is 0.253 e. The Balaban J connectivity index is 1.52. The number of nitrogens with zero attached hydrogens (tertiary/aromatic N) is 5. The molecule has 6 heteroatoms. The minimum atomic E-state index is 0.105. The van der Waals surface area contributed by atoms with Gasteiger partial charge >= 0.3 is 0 Å². The van der Waals surface area contributed by atoms with E-state index < -0.39 is 0 Å². The van der Waals surface area contributed by atoms with Gasteiger partial charge < -0.3 is 9.47 Å². The zero-order chi connectivity index (χ0) is 16.5. The Labute approximate surface area is 142 Å². The standard InChI is InChI=1S/C18H23N5O/c1-21-10-5-8-15(21)17-20-19-16-9-11-22(12-13-23(16)17)18(24)14-6-3-2-4-7-14/h2-4,6-7,15H,5,8-13H2,1H3/t15-/m1/s1. The molecule has 2 aromatic rings. The molecular weight excluding hydrogens is 302 g/mol. The van der Waals surface area contributed by atoms with Crippen molar-refractivity contribution in [3.63, 3.8) is 0 Å². The number of carbonyl (C=O) groups is 1.